The first-order valence-electron chi connectivity index (χ1n) is 9.48. The lowest BCUT2D eigenvalue weighted by Crippen LogP contribution is -2.37. The fraction of sp³-hybridized carbons (Fsp3) is 0.409. The number of ether oxygens (including phenoxy) is 2. The first-order chi connectivity index (χ1) is 13.5. The molecule has 28 heavy (non-hydrogen) atoms. The zero-order chi connectivity index (χ0) is 20.1. The number of hydrogen-bond donors (Lipinski definition) is 0. The molecule has 0 saturated carbocycles. The van der Waals surface area contributed by atoms with E-state index in [-0.39, 0.29) is 12.0 Å². The van der Waals surface area contributed by atoms with Gasteiger partial charge in [0.05, 0.1) is 18.2 Å². The number of halogens is 1. The molecule has 2 aromatic rings. The Kier molecular flexibility index (Phi) is 6.81. The Hall–Kier alpha value is -2.24. The Balaban J connectivity index is 1.81. The molecule has 1 fully saturated rings. The third-order valence-electron chi connectivity index (χ3n) is 4.96. The van der Waals surface area contributed by atoms with E-state index < -0.39 is 0 Å². The van der Waals surface area contributed by atoms with Gasteiger partial charge >= 0.3 is 0 Å². The first kappa shape index (κ1) is 20.5. The summed E-state index contributed by atoms with van der Waals surface area (Å²) in [4.78, 5) is 17.1. The van der Waals surface area contributed by atoms with Crippen molar-refractivity contribution in [2.75, 3.05) is 39.3 Å². The van der Waals surface area contributed by atoms with Gasteiger partial charge in [-0.2, -0.15) is 0 Å². The number of rotatable bonds is 7. The number of benzene rings is 2. The predicted octanol–water partition coefficient (Wildman–Crippen LogP) is 4.24. The summed E-state index contributed by atoms with van der Waals surface area (Å²) in [6.07, 6.45) is 2.10. The van der Waals surface area contributed by atoms with Crippen molar-refractivity contribution in [3.8, 4) is 5.75 Å². The Labute approximate surface area is 171 Å². The van der Waals surface area contributed by atoms with Crippen LogP contribution in [0.15, 0.2) is 42.5 Å². The van der Waals surface area contributed by atoms with Crippen LogP contribution in [-0.2, 0) is 11.3 Å². The van der Waals surface area contributed by atoms with Gasteiger partial charge in [-0.25, -0.2) is 0 Å². The largest absolute Gasteiger partial charge is 0.495 e. The van der Waals surface area contributed by atoms with Gasteiger partial charge in [0.15, 0.2) is 0 Å². The fourth-order valence-electron chi connectivity index (χ4n) is 3.36. The second-order valence-corrected chi connectivity index (χ2v) is 7.64. The Bertz CT molecular complexity index is 802. The van der Waals surface area contributed by atoms with Crippen LogP contribution >= 0.6 is 11.6 Å². The molecule has 150 valence electrons. The molecule has 1 aliphatic rings. The molecule has 0 radical (unpaired) electrons. The number of carbonyl (C=O) groups excluding carboxylic acids is 1. The smallest absolute Gasteiger partial charge is 0.254 e. The molecule has 0 bridgehead atoms. The number of hydrogen-bond acceptors (Lipinski definition) is 4. The van der Waals surface area contributed by atoms with E-state index in [4.69, 9.17) is 21.1 Å². The monoisotopic (exact) mass is 402 g/mol. The fourth-order valence-corrected chi connectivity index (χ4v) is 3.61. The zero-order valence-electron chi connectivity index (χ0n) is 16.7. The zero-order valence-corrected chi connectivity index (χ0v) is 17.4. The van der Waals surface area contributed by atoms with Crippen molar-refractivity contribution in [1.29, 1.82) is 0 Å². The van der Waals surface area contributed by atoms with Crippen LogP contribution in [0.3, 0.4) is 0 Å². The van der Waals surface area contributed by atoms with Gasteiger partial charge in [-0.05, 0) is 48.7 Å². The predicted molar refractivity (Wildman–Crippen MR) is 112 cm³/mol. The average Bonchev–Trinajstić information content (AvgIpc) is 3.20. The standard InChI is InChI=1S/C22H27ClN2O3/c1-24(2)18-9-6-16(7-10-18)14-25(15-19-5-4-12-28-19)22(26)17-8-11-21(27-3)20(23)13-17/h6-11,13,19H,4-5,12,14-15H2,1-3H3. The van der Waals surface area contributed by atoms with Crippen LogP contribution in [0.5, 0.6) is 5.75 Å². The third-order valence-corrected chi connectivity index (χ3v) is 5.26. The van der Waals surface area contributed by atoms with E-state index in [0.717, 1.165) is 30.7 Å². The van der Waals surface area contributed by atoms with Crippen molar-refractivity contribution in [2.45, 2.75) is 25.5 Å². The highest BCUT2D eigenvalue weighted by Gasteiger charge is 2.24. The van der Waals surface area contributed by atoms with Crippen LogP contribution in [0.25, 0.3) is 0 Å². The van der Waals surface area contributed by atoms with Gasteiger partial charge in [-0.1, -0.05) is 23.7 Å². The summed E-state index contributed by atoms with van der Waals surface area (Å²) in [7, 11) is 5.58. The second-order valence-electron chi connectivity index (χ2n) is 7.23. The van der Waals surface area contributed by atoms with E-state index in [1.54, 1.807) is 25.3 Å². The summed E-state index contributed by atoms with van der Waals surface area (Å²) in [5, 5.41) is 0.431. The molecule has 1 unspecified atom stereocenters. The molecule has 1 aliphatic heterocycles. The van der Waals surface area contributed by atoms with E-state index in [0.29, 0.717) is 29.4 Å². The van der Waals surface area contributed by atoms with Gasteiger partial charge < -0.3 is 19.3 Å². The quantitative estimate of drug-likeness (QED) is 0.694. The van der Waals surface area contributed by atoms with Gasteiger partial charge in [0.1, 0.15) is 5.75 Å². The van der Waals surface area contributed by atoms with Crippen molar-refractivity contribution < 1.29 is 14.3 Å². The van der Waals surface area contributed by atoms with Crippen molar-refractivity contribution in [3.05, 3.63) is 58.6 Å². The maximum atomic E-state index is 13.2. The molecule has 1 atom stereocenters. The lowest BCUT2D eigenvalue weighted by Gasteiger charge is -2.26. The SMILES string of the molecule is COc1ccc(C(=O)N(Cc2ccc(N(C)C)cc2)CC2CCCO2)cc1Cl. The number of carbonyl (C=O) groups is 1. The van der Waals surface area contributed by atoms with Crippen molar-refractivity contribution >= 4 is 23.2 Å². The van der Waals surface area contributed by atoms with E-state index in [9.17, 15) is 4.79 Å². The number of amides is 1. The molecule has 0 N–H and O–H groups in total. The first-order valence-corrected chi connectivity index (χ1v) is 9.86. The molecule has 6 heteroatoms. The molecule has 1 amide bonds. The van der Waals surface area contributed by atoms with Crippen LogP contribution < -0.4 is 9.64 Å². The lowest BCUT2D eigenvalue weighted by molar-refractivity contribution is 0.0507. The van der Waals surface area contributed by atoms with Crippen LogP contribution in [0.1, 0.15) is 28.8 Å². The lowest BCUT2D eigenvalue weighted by atomic mass is 10.1. The minimum absolute atomic E-state index is 0.0586. The van der Waals surface area contributed by atoms with Gasteiger partial charge in [0, 0.05) is 45.0 Å². The Morgan fingerprint density at radius 2 is 1.96 bits per heavy atom. The van der Waals surface area contributed by atoms with Crippen molar-refractivity contribution in [1.82, 2.24) is 4.90 Å². The van der Waals surface area contributed by atoms with Crippen LogP contribution in [0.2, 0.25) is 5.02 Å². The molecule has 1 saturated heterocycles. The maximum Gasteiger partial charge on any atom is 0.254 e. The van der Waals surface area contributed by atoms with Crippen LogP contribution in [-0.4, -0.2) is 51.3 Å². The molecular formula is C22H27ClN2O3. The summed E-state index contributed by atoms with van der Waals surface area (Å²) in [6.45, 7) is 1.85. The molecular weight excluding hydrogens is 376 g/mol. The van der Waals surface area contributed by atoms with E-state index in [1.807, 2.05) is 19.0 Å². The maximum absolute atomic E-state index is 13.2. The summed E-state index contributed by atoms with van der Waals surface area (Å²) in [5.74, 6) is 0.500. The summed E-state index contributed by atoms with van der Waals surface area (Å²) < 4.78 is 11.0. The average molecular weight is 403 g/mol. The van der Waals surface area contributed by atoms with Gasteiger partial charge in [-0.3, -0.25) is 4.79 Å². The van der Waals surface area contributed by atoms with E-state index in [2.05, 4.69) is 29.2 Å². The molecule has 0 aromatic heterocycles. The molecule has 0 aliphatic carbocycles. The third kappa shape index (κ3) is 4.97. The number of anilines is 1. The highest BCUT2D eigenvalue weighted by molar-refractivity contribution is 6.32. The molecule has 5 nitrogen and oxygen atoms in total. The summed E-state index contributed by atoms with van der Waals surface area (Å²) in [6, 6.07) is 13.4. The minimum Gasteiger partial charge on any atom is -0.495 e. The highest BCUT2D eigenvalue weighted by atomic mass is 35.5. The minimum atomic E-state index is -0.0586. The topological polar surface area (TPSA) is 42.0 Å². The van der Waals surface area contributed by atoms with Gasteiger partial charge in [-0.15, -0.1) is 0 Å². The summed E-state index contributed by atoms with van der Waals surface area (Å²) in [5.41, 5.74) is 2.76. The van der Waals surface area contributed by atoms with Crippen molar-refractivity contribution in [2.24, 2.45) is 0 Å². The second kappa shape index (κ2) is 9.30. The van der Waals surface area contributed by atoms with Crippen molar-refractivity contribution in [3.63, 3.8) is 0 Å². The van der Waals surface area contributed by atoms with Gasteiger partial charge in [0.2, 0.25) is 0 Å². The van der Waals surface area contributed by atoms with Crippen LogP contribution in [0.4, 0.5) is 5.69 Å². The Morgan fingerprint density at radius 3 is 2.54 bits per heavy atom. The normalized spacial score (nSPS) is 16.1. The molecule has 1 heterocycles. The number of nitrogens with zero attached hydrogens (tertiary/aromatic N) is 2. The molecule has 0 spiro atoms. The molecule has 3 rings (SSSR count). The summed E-state index contributed by atoms with van der Waals surface area (Å²) >= 11 is 6.23. The van der Waals surface area contributed by atoms with Gasteiger partial charge in [0.25, 0.3) is 5.91 Å². The highest BCUT2D eigenvalue weighted by Crippen LogP contribution is 2.26. The Morgan fingerprint density at radius 1 is 1.21 bits per heavy atom. The van der Waals surface area contributed by atoms with E-state index in [1.165, 1.54) is 0 Å². The van der Waals surface area contributed by atoms with Crippen LogP contribution in [0, 0.1) is 0 Å². The molecule has 2 aromatic carbocycles. The number of methoxy groups -OCH3 is 1. The van der Waals surface area contributed by atoms with E-state index >= 15 is 0 Å².